The monoisotopic (exact) mass is 272 g/mol. The Kier molecular flexibility index (Phi) is 4.99. The molecular weight excluding hydrogens is 248 g/mol. The third-order valence-electron chi connectivity index (χ3n) is 3.65. The van der Waals surface area contributed by atoms with Gasteiger partial charge < -0.3 is 9.73 Å². The molecule has 2 aromatic rings. The molecule has 0 saturated carbocycles. The summed E-state index contributed by atoms with van der Waals surface area (Å²) in [5.74, 6) is 0.999. The van der Waals surface area contributed by atoms with Crippen molar-refractivity contribution in [3.8, 4) is 0 Å². The quantitative estimate of drug-likeness (QED) is 0.872. The fourth-order valence-electron chi connectivity index (χ4n) is 2.36. The summed E-state index contributed by atoms with van der Waals surface area (Å²) in [5, 5.41) is 3.59. The van der Waals surface area contributed by atoms with Crippen molar-refractivity contribution in [2.24, 2.45) is 0 Å². The van der Waals surface area contributed by atoms with E-state index in [2.05, 4.69) is 62.4 Å². The molecular formula is C17H24N2O. The number of rotatable bonds is 6. The molecule has 20 heavy (non-hydrogen) atoms. The van der Waals surface area contributed by atoms with Crippen LogP contribution in [0.25, 0.3) is 0 Å². The summed E-state index contributed by atoms with van der Waals surface area (Å²) in [4.78, 5) is 2.18. The molecule has 1 aromatic heterocycles. The number of aryl methyl sites for hydroxylation is 1. The SMILES string of the molecule is Cc1cccc(C(C)NCC(c2ccco2)N(C)C)c1. The first kappa shape index (κ1) is 14.8. The van der Waals surface area contributed by atoms with Gasteiger partial charge in [0.1, 0.15) is 5.76 Å². The van der Waals surface area contributed by atoms with E-state index in [1.807, 2.05) is 12.1 Å². The predicted octanol–water partition coefficient (Wildman–Crippen LogP) is 3.54. The molecule has 0 spiro atoms. The lowest BCUT2D eigenvalue weighted by Gasteiger charge is -2.25. The zero-order valence-corrected chi connectivity index (χ0v) is 12.8. The number of likely N-dealkylation sites (N-methyl/N-ethyl adjacent to an activating group) is 1. The second kappa shape index (κ2) is 6.73. The molecule has 0 aliphatic heterocycles. The highest BCUT2D eigenvalue weighted by atomic mass is 16.3. The molecule has 1 aromatic carbocycles. The van der Waals surface area contributed by atoms with Crippen LogP contribution in [-0.4, -0.2) is 25.5 Å². The van der Waals surface area contributed by atoms with Crippen LogP contribution in [-0.2, 0) is 0 Å². The summed E-state index contributed by atoms with van der Waals surface area (Å²) in [6.07, 6.45) is 1.73. The average Bonchev–Trinajstić information content (AvgIpc) is 2.92. The van der Waals surface area contributed by atoms with Crippen molar-refractivity contribution < 1.29 is 4.42 Å². The van der Waals surface area contributed by atoms with Crippen LogP contribution in [0.2, 0.25) is 0 Å². The molecule has 2 atom stereocenters. The van der Waals surface area contributed by atoms with Crippen LogP contribution in [0, 0.1) is 6.92 Å². The average molecular weight is 272 g/mol. The topological polar surface area (TPSA) is 28.4 Å². The third-order valence-corrected chi connectivity index (χ3v) is 3.65. The van der Waals surface area contributed by atoms with Gasteiger partial charge in [-0.05, 0) is 45.6 Å². The fraction of sp³-hybridized carbons (Fsp3) is 0.412. The number of furan rings is 1. The summed E-state index contributed by atoms with van der Waals surface area (Å²) in [5.41, 5.74) is 2.62. The maximum atomic E-state index is 5.53. The Balaban J connectivity index is 1.99. The van der Waals surface area contributed by atoms with Gasteiger partial charge >= 0.3 is 0 Å². The Bertz CT molecular complexity index is 520. The van der Waals surface area contributed by atoms with E-state index in [1.54, 1.807) is 6.26 Å². The third kappa shape index (κ3) is 3.71. The van der Waals surface area contributed by atoms with E-state index in [1.165, 1.54) is 11.1 Å². The highest BCUT2D eigenvalue weighted by molar-refractivity contribution is 5.24. The Labute approximate surface area is 121 Å². The molecule has 0 radical (unpaired) electrons. The van der Waals surface area contributed by atoms with Crippen molar-refractivity contribution in [1.29, 1.82) is 0 Å². The van der Waals surface area contributed by atoms with Crippen LogP contribution in [0.5, 0.6) is 0 Å². The summed E-state index contributed by atoms with van der Waals surface area (Å²) >= 11 is 0. The van der Waals surface area contributed by atoms with E-state index in [-0.39, 0.29) is 6.04 Å². The molecule has 2 unspecified atom stereocenters. The Morgan fingerprint density at radius 2 is 2.00 bits per heavy atom. The minimum absolute atomic E-state index is 0.247. The molecule has 1 heterocycles. The number of hydrogen-bond donors (Lipinski definition) is 1. The molecule has 3 heteroatoms. The van der Waals surface area contributed by atoms with Gasteiger partial charge in [0, 0.05) is 12.6 Å². The number of hydrogen-bond acceptors (Lipinski definition) is 3. The maximum absolute atomic E-state index is 5.53. The molecule has 1 N–H and O–H groups in total. The van der Waals surface area contributed by atoms with Crippen LogP contribution in [0.4, 0.5) is 0 Å². The lowest BCUT2D eigenvalue weighted by Crippen LogP contribution is -2.32. The lowest BCUT2D eigenvalue weighted by atomic mass is 10.1. The first-order valence-corrected chi connectivity index (χ1v) is 7.07. The van der Waals surface area contributed by atoms with Gasteiger partial charge in [0.05, 0.1) is 12.3 Å². The largest absolute Gasteiger partial charge is 0.468 e. The molecule has 0 amide bonds. The van der Waals surface area contributed by atoms with E-state index < -0.39 is 0 Å². The minimum Gasteiger partial charge on any atom is -0.468 e. The second-order valence-electron chi connectivity index (χ2n) is 5.54. The normalized spacial score (nSPS) is 14.4. The van der Waals surface area contributed by atoms with Gasteiger partial charge in [-0.25, -0.2) is 0 Å². The molecule has 0 saturated heterocycles. The maximum Gasteiger partial charge on any atom is 0.122 e. The molecule has 2 rings (SSSR count). The summed E-state index contributed by atoms with van der Waals surface area (Å²) in [7, 11) is 4.15. The molecule has 0 fully saturated rings. The van der Waals surface area contributed by atoms with E-state index in [4.69, 9.17) is 4.42 Å². The van der Waals surface area contributed by atoms with Gasteiger partial charge in [0.15, 0.2) is 0 Å². The van der Waals surface area contributed by atoms with Gasteiger partial charge in [0.25, 0.3) is 0 Å². The van der Waals surface area contributed by atoms with E-state index in [0.29, 0.717) is 6.04 Å². The zero-order valence-electron chi connectivity index (χ0n) is 12.8. The second-order valence-corrected chi connectivity index (χ2v) is 5.54. The summed E-state index contributed by atoms with van der Waals surface area (Å²) in [6, 6.07) is 13.2. The van der Waals surface area contributed by atoms with E-state index in [9.17, 15) is 0 Å². The smallest absolute Gasteiger partial charge is 0.122 e. The van der Waals surface area contributed by atoms with Crippen LogP contribution in [0.3, 0.4) is 0 Å². The Morgan fingerprint density at radius 3 is 2.60 bits per heavy atom. The van der Waals surface area contributed by atoms with E-state index >= 15 is 0 Å². The Hall–Kier alpha value is -1.58. The van der Waals surface area contributed by atoms with Gasteiger partial charge in [0.2, 0.25) is 0 Å². The highest BCUT2D eigenvalue weighted by Crippen LogP contribution is 2.20. The van der Waals surface area contributed by atoms with Crippen LogP contribution >= 0.6 is 0 Å². The molecule has 108 valence electrons. The summed E-state index contributed by atoms with van der Waals surface area (Å²) in [6.45, 7) is 5.18. The van der Waals surface area contributed by atoms with Crippen molar-refractivity contribution in [2.45, 2.75) is 25.9 Å². The predicted molar refractivity (Wildman–Crippen MR) is 82.7 cm³/mol. The lowest BCUT2D eigenvalue weighted by molar-refractivity contribution is 0.245. The van der Waals surface area contributed by atoms with Crippen molar-refractivity contribution in [2.75, 3.05) is 20.6 Å². The van der Waals surface area contributed by atoms with Crippen molar-refractivity contribution in [3.63, 3.8) is 0 Å². The van der Waals surface area contributed by atoms with Crippen molar-refractivity contribution >= 4 is 0 Å². The fourth-order valence-corrected chi connectivity index (χ4v) is 2.36. The van der Waals surface area contributed by atoms with Crippen LogP contribution < -0.4 is 5.32 Å². The van der Waals surface area contributed by atoms with Crippen molar-refractivity contribution in [1.82, 2.24) is 10.2 Å². The number of benzene rings is 1. The van der Waals surface area contributed by atoms with Gasteiger partial charge in [-0.15, -0.1) is 0 Å². The van der Waals surface area contributed by atoms with Crippen LogP contribution in [0.15, 0.2) is 47.1 Å². The van der Waals surface area contributed by atoms with E-state index in [0.717, 1.165) is 12.3 Å². The first-order valence-electron chi connectivity index (χ1n) is 7.07. The first-order chi connectivity index (χ1) is 9.58. The molecule has 0 aliphatic carbocycles. The van der Waals surface area contributed by atoms with Gasteiger partial charge in [-0.2, -0.15) is 0 Å². The van der Waals surface area contributed by atoms with Gasteiger partial charge in [-0.1, -0.05) is 29.8 Å². The molecule has 3 nitrogen and oxygen atoms in total. The number of nitrogens with one attached hydrogen (secondary N) is 1. The van der Waals surface area contributed by atoms with Gasteiger partial charge in [-0.3, -0.25) is 4.90 Å². The number of nitrogens with zero attached hydrogens (tertiary/aromatic N) is 1. The minimum atomic E-state index is 0.247. The highest BCUT2D eigenvalue weighted by Gasteiger charge is 2.17. The molecule has 0 bridgehead atoms. The molecule has 0 aliphatic rings. The Morgan fingerprint density at radius 1 is 1.20 bits per heavy atom. The standard InChI is InChI=1S/C17H24N2O/c1-13-7-5-8-15(11-13)14(2)18-12-16(19(3)4)17-9-6-10-20-17/h5-11,14,16,18H,12H2,1-4H3. The summed E-state index contributed by atoms with van der Waals surface area (Å²) < 4.78 is 5.53. The van der Waals surface area contributed by atoms with Crippen molar-refractivity contribution in [3.05, 3.63) is 59.5 Å². The zero-order chi connectivity index (χ0) is 14.5. The van der Waals surface area contributed by atoms with Crippen LogP contribution in [0.1, 0.15) is 35.9 Å².